The van der Waals surface area contributed by atoms with Gasteiger partial charge in [-0.1, -0.05) is 41.9 Å². The fourth-order valence-electron chi connectivity index (χ4n) is 2.20. The van der Waals surface area contributed by atoms with Gasteiger partial charge in [0.25, 0.3) is 0 Å². The second-order valence-corrected chi connectivity index (χ2v) is 6.37. The van der Waals surface area contributed by atoms with Crippen molar-refractivity contribution in [1.29, 1.82) is 0 Å². The fraction of sp³-hybridized carbons (Fsp3) is 0.333. The van der Waals surface area contributed by atoms with E-state index in [-0.39, 0.29) is 11.4 Å². The average Bonchev–Trinajstić information content (AvgIpc) is 2.47. The Hall–Kier alpha value is -1.38. The van der Waals surface area contributed by atoms with Crippen molar-refractivity contribution in [3.05, 3.63) is 70.5 Å². The van der Waals surface area contributed by atoms with Crippen LogP contribution in [-0.2, 0) is 13.0 Å². The van der Waals surface area contributed by atoms with Crippen molar-refractivity contribution in [3.8, 4) is 0 Å². The van der Waals surface area contributed by atoms with Crippen LogP contribution < -0.4 is 5.32 Å². The molecule has 0 radical (unpaired) electrons. The lowest BCUT2D eigenvalue weighted by Gasteiger charge is -2.27. The van der Waals surface area contributed by atoms with Gasteiger partial charge in [0.15, 0.2) is 0 Å². The van der Waals surface area contributed by atoms with Crippen LogP contribution in [0.1, 0.15) is 31.4 Å². The zero-order chi connectivity index (χ0) is 15.3. The molecule has 3 heteroatoms. The van der Waals surface area contributed by atoms with E-state index in [4.69, 9.17) is 11.6 Å². The smallest absolute Gasteiger partial charge is 0.123 e. The molecule has 2 rings (SSSR count). The molecule has 0 saturated carbocycles. The predicted octanol–water partition coefficient (Wildman–Crippen LogP) is 4.98. The van der Waals surface area contributed by atoms with Crippen molar-refractivity contribution in [2.24, 2.45) is 0 Å². The Morgan fingerprint density at radius 1 is 1.10 bits per heavy atom. The third-order valence-corrected chi connectivity index (χ3v) is 4.02. The molecule has 21 heavy (non-hydrogen) atoms. The standard InChI is InChI=1S/C18H21ClFN/c1-18(2,11-10-14-6-4-3-5-7-14)21-13-15-12-16(20)8-9-17(15)19/h3-9,12,21H,10-11,13H2,1-2H3. The lowest BCUT2D eigenvalue weighted by Crippen LogP contribution is -2.39. The number of aryl methyl sites for hydroxylation is 1. The lowest BCUT2D eigenvalue weighted by molar-refractivity contribution is 0.360. The van der Waals surface area contributed by atoms with Gasteiger partial charge in [-0.3, -0.25) is 0 Å². The topological polar surface area (TPSA) is 12.0 Å². The van der Waals surface area contributed by atoms with Crippen LogP contribution in [0.15, 0.2) is 48.5 Å². The second kappa shape index (κ2) is 7.06. The molecule has 2 aromatic rings. The van der Waals surface area contributed by atoms with Crippen molar-refractivity contribution in [2.75, 3.05) is 0 Å². The van der Waals surface area contributed by atoms with E-state index in [1.807, 2.05) is 6.07 Å². The van der Waals surface area contributed by atoms with Crippen molar-refractivity contribution in [1.82, 2.24) is 5.32 Å². The molecule has 0 aliphatic rings. The summed E-state index contributed by atoms with van der Waals surface area (Å²) in [5, 5.41) is 4.06. The van der Waals surface area contributed by atoms with Crippen molar-refractivity contribution in [3.63, 3.8) is 0 Å². The van der Waals surface area contributed by atoms with Crippen LogP contribution in [0.2, 0.25) is 5.02 Å². The molecule has 0 saturated heterocycles. The summed E-state index contributed by atoms with van der Waals surface area (Å²) in [6.07, 6.45) is 2.02. The van der Waals surface area contributed by atoms with Crippen LogP contribution in [0.25, 0.3) is 0 Å². The zero-order valence-electron chi connectivity index (χ0n) is 12.5. The molecule has 0 unspecified atom stereocenters. The quantitative estimate of drug-likeness (QED) is 0.793. The van der Waals surface area contributed by atoms with Gasteiger partial charge in [-0.05, 0) is 56.0 Å². The molecule has 0 fully saturated rings. The highest BCUT2D eigenvalue weighted by Gasteiger charge is 2.17. The first kappa shape index (κ1) is 16.0. The summed E-state index contributed by atoms with van der Waals surface area (Å²) in [7, 11) is 0. The third-order valence-electron chi connectivity index (χ3n) is 3.65. The summed E-state index contributed by atoms with van der Waals surface area (Å²) in [6, 6.07) is 14.9. The van der Waals surface area contributed by atoms with E-state index in [1.165, 1.54) is 17.7 Å². The molecule has 0 spiro atoms. The lowest BCUT2D eigenvalue weighted by atomic mass is 9.95. The molecule has 0 aliphatic heterocycles. The SMILES string of the molecule is CC(C)(CCc1ccccc1)NCc1cc(F)ccc1Cl. The summed E-state index contributed by atoms with van der Waals surface area (Å²) < 4.78 is 13.3. The summed E-state index contributed by atoms with van der Waals surface area (Å²) in [6.45, 7) is 4.88. The number of halogens is 2. The number of hydrogen-bond donors (Lipinski definition) is 1. The monoisotopic (exact) mass is 305 g/mol. The summed E-state index contributed by atoms with van der Waals surface area (Å²) in [4.78, 5) is 0. The summed E-state index contributed by atoms with van der Waals surface area (Å²) >= 11 is 6.09. The highest BCUT2D eigenvalue weighted by atomic mass is 35.5. The van der Waals surface area contributed by atoms with E-state index < -0.39 is 0 Å². The number of nitrogens with one attached hydrogen (secondary N) is 1. The van der Waals surface area contributed by atoms with Crippen molar-refractivity contribution < 1.29 is 4.39 Å². The fourth-order valence-corrected chi connectivity index (χ4v) is 2.39. The normalized spacial score (nSPS) is 11.6. The van der Waals surface area contributed by atoms with E-state index in [9.17, 15) is 4.39 Å². The van der Waals surface area contributed by atoms with Crippen LogP contribution in [0.5, 0.6) is 0 Å². The maximum absolute atomic E-state index is 13.3. The van der Waals surface area contributed by atoms with Gasteiger partial charge in [-0.2, -0.15) is 0 Å². The molecular formula is C18H21ClFN. The van der Waals surface area contributed by atoms with E-state index in [0.717, 1.165) is 18.4 Å². The van der Waals surface area contributed by atoms with E-state index in [2.05, 4.69) is 43.4 Å². The highest BCUT2D eigenvalue weighted by molar-refractivity contribution is 6.31. The first-order chi connectivity index (χ1) is 9.96. The van der Waals surface area contributed by atoms with Gasteiger partial charge in [-0.25, -0.2) is 4.39 Å². The molecule has 0 bridgehead atoms. The molecule has 0 aliphatic carbocycles. The third kappa shape index (κ3) is 5.14. The Bertz CT molecular complexity index is 581. The van der Waals surface area contributed by atoms with Gasteiger partial charge in [0.1, 0.15) is 5.82 Å². The highest BCUT2D eigenvalue weighted by Crippen LogP contribution is 2.19. The van der Waals surface area contributed by atoms with Crippen molar-refractivity contribution >= 4 is 11.6 Å². The minimum atomic E-state index is -0.252. The Labute approximate surface area is 131 Å². The number of rotatable bonds is 6. The van der Waals surface area contributed by atoms with Crippen molar-refractivity contribution in [2.45, 2.75) is 38.8 Å². The molecule has 112 valence electrons. The molecule has 0 amide bonds. The largest absolute Gasteiger partial charge is 0.308 e. The molecule has 0 aromatic heterocycles. The Morgan fingerprint density at radius 3 is 2.52 bits per heavy atom. The van der Waals surface area contributed by atoms with E-state index >= 15 is 0 Å². The second-order valence-electron chi connectivity index (χ2n) is 5.96. The first-order valence-electron chi connectivity index (χ1n) is 7.19. The van der Waals surface area contributed by atoms with Gasteiger partial charge in [-0.15, -0.1) is 0 Å². The van der Waals surface area contributed by atoms with Gasteiger partial charge in [0.05, 0.1) is 0 Å². The van der Waals surface area contributed by atoms with Gasteiger partial charge in [0, 0.05) is 17.1 Å². The average molecular weight is 306 g/mol. The first-order valence-corrected chi connectivity index (χ1v) is 7.57. The molecule has 1 nitrogen and oxygen atoms in total. The summed E-state index contributed by atoms with van der Waals surface area (Å²) in [5.41, 5.74) is 2.09. The Balaban J connectivity index is 1.90. The maximum atomic E-state index is 13.3. The number of benzene rings is 2. The predicted molar refractivity (Wildman–Crippen MR) is 87.1 cm³/mol. The maximum Gasteiger partial charge on any atom is 0.123 e. The molecular weight excluding hydrogens is 285 g/mol. The van der Waals surface area contributed by atoms with E-state index in [1.54, 1.807) is 6.07 Å². The van der Waals surface area contributed by atoms with Crippen LogP contribution >= 0.6 is 11.6 Å². The van der Waals surface area contributed by atoms with Crippen LogP contribution in [-0.4, -0.2) is 5.54 Å². The molecule has 0 heterocycles. The zero-order valence-corrected chi connectivity index (χ0v) is 13.3. The van der Waals surface area contributed by atoms with Gasteiger partial charge < -0.3 is 5.32 Å². The van der Waals surface area contributed by atoms with Gasteiger partial charge in [0.2, 0.25) is 0 Å². The van der Waals surface area contributed by atoms with Crippen LogP contribution in [0.4, 0.5) is 4.39 Å². The van der Waals surface area contributed by atoms with Gasteiger partial charge >= 0.3 is 0 Å². The number of hydrogen-bond acceptors (Lipinski definition) is 1. The Kier molecular flexibility index (Phi) is 5.38. The molecule has 1 N–H and O–H groups in total. The van der Waals surface area contributed by atoms with Crippen LogP contribution in [0, 0.1) is 5.82 Å². The molecule has 0 atom stereocenters. The molecule has 2 aromatic carbocycles. The summed E-state index contributed by atoms with van der Waals surface area (Å²) in [5.74, 6) is -0.252. The minimum Gasteiger partial charge on any atom is -0.308 e. The Morgan fingerprint density at radius 2 is 1.81 bits per heavy atom. The van der Waals surface area contributed by atoms with Crippen LogP contribution in [0.3, 0.4) is 0 Å². The van der Waals surface area contributed by atoms with E-state index in [0.29, 0.717) is 11.6 Å². The minimum absolute atomic E-state index is 0.0362.